The van der Waals surface area contributed by atoms with Gasteiger partial charge in [-0.3, -0.25) is 14.9 Å². The first kappa shape index (κ1) is 18.4. The SMILES string of the molecule is CC(=O)N1CCN(S(=O)(=O)c2ccc(C(=O)Nc3nncs3)cc2)CC1. The van der Waals surface area contributed by atoms with Gasteiger partial charge in [0.15, 0.2) is 0 Å². The Labute approximate surface area is 154 Å². The number of hydrogen-bond acceptors (Lipinski definition) is 7. The lowest BCUT2D eigenvalue weighted by Gasteiger charge is -2.33. The van der Waals surface area contributed by atoms with Crippen molar-refractivity contribution < 1.29 is 18.0 Å². The molecule has 2 amide bonds. The number of rotatable bonds is 4. The molecule has 1 fully saturated rings. The van der Waals surface area contributed by atoms with Crippen LogP contribution in [0.4, 0.5) is 5.13 Å². The zero-order valence-electron chi connectivity index (χ0n) is 14.0. The largest absolute Gasteiger partial charge is 0.340 e. The lowest BCUT2D eigenvalue weighted by molar-refractivity contribution is -0.129. The number of nitrogens with zero attached hydrogens (tertiary/aromatic N) is 4. The van der Waals surface area contributed by atoms with Crippen LogP contribution in [0.15, 0.2) is 34.7 Å². The van der Waals surface area contributed by atoms with Crippen LogP contribution in [0.1, 0.15) is 17.3 Å². The fraction of sp³-hybridized carbons (Fsp3) is 0.333. The number of carbonyl (C=O) groups is 2. The molecule has 1 aliphatic heterocycles. The number of nitrogens with one attached hydrogen (secondary N) is 1. The lowest BCUT2D eigenvalue weighted by atomic mass is 10.2. The Morgan fingerprint density at radius 2 is 1.77 bits per heavy atom. The van der Waals surface area contributed by atoms with Crippen molar-refractivity contribution in [1.82, 2.24) is 19.4 Å². The second kappa shape index (κ2) is 7.48. The van der Waals surface area contributed by atoms with E-state index in [1.54, 1.807) is 4.90 Å². The first-order valence-corrected chi connectivity index (χ1v) is 10.1. The van der Waals surface area contributed by atoms with Gasteiger partial charge in [-0.2, -0.15) is 4.31 Å². The standard InChI is InChI=1S/C15H17N5O4S2/c1-11(21)19-6-8-20(9-7-19)26(23,24)13-4-2-12(3-5-13)14(22)17-15-18-16-10-25-15/h2-5,10H,6-9H2,1H3,(H,17,18,22). The van der Waals surface area contributed by atoms with Crippen molar-refractivity contribution in [2.75, 3.05) is 31.5 Å². The summed E-state index contributed by atoms with van der Waals surface area (Å²) in [7, 11) is -3.66. The number of anilines is 1. The quantitative estimate of drug-likeness (QED) is 0.813. The van der Waals surface area contributed by atoms with Gasteiger partial charge in [-0.1, -0.05) is 11.3 Å². The summed E-state index contributed by atoms with van der Waals surface area (Å²) in [6, 6.07) is 5.72. The van der Waals surface area contributed by atoms with Crippen molar-refractivity contribution in [3.05, 3.63) is 35.3 Å². The second-order valence-electron chi connectivity index (χ2n) is 5.63. The van der Waals surface area contributed by atoms with Crippen molar-refractivity contribution in [2.45, 2.75) is 11.8 Å². The zero-order chi connectivity index (χ0) is 18.7. The molecular weight excluding hydrogens is 378 g/mol. The lowest BCUT2D eigenvalue weighted by Crippen LogP contribution is -2.49. The maximum Gasteiger partial charge on any atom is 0.257 e. The summed E-state index contributed by atoms with van der Waals surface area (Å²) >= 11 is 1.19. The molecular formula is C15H17N5O4S2. The molecule has 9 nitrogen and oxygen atoms in total. The van der Waals surface area contributed by atoms with Crippen LogP contribution in [0.5, 0.6) is 0 Å². The molecule has 1 N–H and O–H groups in total. The Kier molecular flexibility index (Phi) is 5.30. The van der Waals surface area contributed by atoms with Crippen molar-refractivity contribution in [3.63, 3.8) is 0 Å². The minimum absolute atomic E-state index is 0.0622. The van der Waals surface area contributed by atoms with Gasteiger partial charge >= 0.3 is 0 Å². The minimum Gasteiger partial charge on any atom is -0.340 e. The Morgan fingerprint density at radius 1 is 1.12 bits per heavy atom. The molecule has 0 unspecified atom stereocenters. The third-order valence-electron chi connectivity index (χ3n) is 4.02. The smallest absolute Gasteiger partial charge is 0.257 e. The Bertz CT molecular complexity index is 889. The van der Waals surface area contributed by atoms with E-state index < -0.39 is 10.0 Å². The molecule has 11 heteroatoms. The number of sulfonamides is 1. The van der Waals surface area contributed by atoms with Gasteiger partial charge in [0.1, 0.15) is 5.51 Å². The van der Waals surface area contributed by atoms with Gasteiger partial charge in [0, 0.05) is 38.7 Å². The minimum atomic E-state index is -3.66. The summed E-state index contributed by atoms with van der Waals surface area (Å²) in [5, 5.41) is 10.3. The molecule has 2 heterocycles. The van der Waals surface area contributed by atoms with Gasteiger partial charge in [0.25, 0.3) is 5.91 Å². The number of hydrogen-bond donors (Lipinski definition) is 1. The van der Waals surface area contributed by atoms with Crippen LogP contribution < -0.4 is 5.32 Å². The molecule has 0 bridgehead atoms. The molecule has 0 aliphatic carbocycles. The molecule has 3 rings (SSSR count). The molecule has 1 aromatic heterocycles. The van der Waals surface area contributed by atoms with Crippen LogP contribution in [-0.4, -0.2) is 65.8 Å². The average molecular weight is 395 g/mol. The third-order valence-corrected chi connectivity index (χ3v) is 6.54. The van der Waals surface area contributed by atoms with Crippen LogP contribution in [0.2, 0.25) is 0 Å². The van der Waals surface area contributed by atoms with E-state index in [4.69, 9.17) is 0 Å². The van der Waals surface area contributed by atoms with Gasteiger partial charge in [0.05, 0.1) is 4.90 Å². The van der Waals surface area contributed by atoms with E-state index in [1.165, 1.54) is 52.3 Å². The van der Waals surface area contributed by atoms with Crippen molar-refractivity contribution in [1.29, 1.82) is 0 Å². The molecule has 1 saturated heterocycles. The van der Waals surface area contributed by atoms with Crippen LogP contribution in [0.25, 0.3) is 0 Å². The maximum atomic E-state index is 12.7. The highest BCUT2D eigenvalue weighted by Crippen LogP contribution is 2.19. The Hall–Kier alpha value is -2.37. The molecule has 0 radical (unpaired) electrons. The third kappa shape index (κ3) is 3.89. The second-order valence-corrected chi connectivity index (χ2v) is 8.40. The van der Waals surface area contributed by atoms with E-state index in [0.717, 1.165) is 0 Å². The summed E-state index contributed by atoms with van der Waals surface area (Å²) in [5.74, 6) is -0.450. The van der Waals surface area contributed by atoms with E-state index in [2.05, 4.69) is 15.5 Å². The molecule has 1 aliphatic rings. The summed E-state index contributed by atoms with van der Waals surface area (Å²) in [6.45, 7) is 2.71. The van der Waals surface area contributed by atoms with E-state index in [9.17, 15) is 18.0 Å². The highest BCUT2D eigenvalue weighted by atomic mass is 32.2. The number of amides is 2. The van der Waals surface area contributed by atoms with Gasteiger partial charge in [-0.25, -0.2) is 8.42 Å². The first-order chi connectivity index (χ1) is 12.4. The summed E-state index contributed by atoms with van der Waals surface area (Å²) in [5.41, 5.74) is 1.82. The fourth-order valence-corrected chi connectivity index (χ4v) is 4.43. The van der Waals surface area contributed by atoms with E-state index in [-0.39, 0.29) is 29.8 Å². The predicted molar refractivity (Wildman–Crippen MR) is 95.3 cm³/mol. The van der Waals surface area contributed by atoms with Crippen molar-refractivity contribution >= 4 is 38.3 Å². The first-order valence-electron chi connectivity index (χ1n) is 7.81. The summed E-state index contributed by atoms with van der Waals surface area (Å²) in [6.07, 6.45) is 0. The Balaban J connectivity index is 1.69. The molecule has 0 saturated carbocycles. The van der Waals surface area contributed by atoms with Gasteiger partial charge < -0.3 is 4.90 Å². The van der Waals surface area contributed by atoms with E-state index in [1.807, 2.05) is 0 Å². The zero-order valence-corrected chi connectivity index (χ0v) is 15.6. The van der Waals surface area contributed by atoms with Gasteiger partial charge in [-0.15, -0.1) is 10.2 Å². The van der Waals surface area contributed by atoms with Gasteiger partial charge in [0.2, 0.25) is 21.1 Å². The van der Waals surface area contributed by atoms with Crippen LogP contribution in [0.3, 0.4) is 0 Å². The molecule has 138 valence electrons. The molecule has 26 heavy (non-hydrogen) atoms. The molecule has 2 aromatic rings. The topological polar surface area (TPSA) is 113 Å². The van der Waals surface area contributed by atoms with Crippen molar-refractivity contribution in [3.8, 4) is 0 Å². The Morgan fingerprint density at radius 3 is 2.31 bits per heavy atom. The molecule has 1 aromatic carbocycles. The number of aromatic nitrogens is 2. The average Bonchev–Trinajstić information content (AvgIpc) is 3.15. The highest BCUT2D eigenvalue weighted by Gasteiger charge is 2.29. The monoisotopic (exact) mass is 395 g/mol. The predicted octanol–water partition coefficient (Wildman–Crippen LogP) is 0.643. The van der Waals surface area contributed by atoms with E-state index in [0.29, 0.717) is 23.8 Å². The molecule has 0 spiro atoms. The highest BCUT2D eigenvalue weighted by molar-refractivity contribution is 7.89. The summed E-state index contributed by atoms with van der Waals surface area (Å²) in [4.78, 5) is 25.2. The number of carbonyl (C=O) groups excluding carboxylic acids is 2. The normalized spacial score (nSPS) is 15.7. The summed E-state index contributed by atoms with van der Waals surface area (Å²) < 4.78 is 26.8. The molecule has 0 atom stereocenters. The van der Waals surface area contributed by atoms with Crippen LogP contribution >= 0.6 is 11.3 Å². The van der Waals surface area contributed by atoms with Gasteiger partial charge in [-0.05, 0) is 24.3 Å². The number of benzene rings is 1. The fourth-order valence-electron chi connectivity index (χ4n) is 2.57. The van der Waals surface area contributed by atoms with E-state index >= 15 is 0 Å². The van der Waals surface area contributed by atoms with Crippen LogP contribution in [-0.2, 0) is 14.8 Å². The maximum absolute atomic E-state index is 12.7. The van der Waals surface area contributed by atoms with Crippen molar-refractivity contribution in [2.24, 2.45) is 0 Å². The van der Waals surface area contributed by atoms with Crippen LogP contribution in [0, 0.1) is 0 Å². The number of piperazine rings is 1.